The number of benzene rings is 1. The number of carbonyl (C=O) groups excluding carboxylic acids is 2. The highest BCUT2D eigenvalue weighted by Crippen LogP contribution is 2.26. The lowest BCUT2D eigenvalue weighted by atomic mass is 10.2. The predicted molar refractivity (Wildman–Crippen MR) is 84.3 cm³/mol. The number of nitro benzene ring substituents is 1. The van der Waals surface area contributed by atoms with Gasteiger partial charge in [-0.3, -0.25) is 10.1 Å². The molecule has 0 spiro atoms. The number of ether oxygens (including phenoxy) is 2. The fourth-order valence-electron chi connectivity index (χ4n) is 2.24. The van der Waals surface area contributed by atoms with Crippen LogP contribution in [0.15, 0.2) is 36.5 Å². The van der Waals surface area contributed by atoms with Crippen molar-refractivity contribution in [3.8, 4) is 5.69 Å². The van der Waals surface area contributed by atoms with E-state index < -0.39 is 16.9 Å². The molecule has 2 aromatic rings. The van der Waals surface area contributed by atoms with Crippen molar-refractivity contribution in [3.05, 3.63) is 57.9 Å². The zero-order valence-electron chi connectivity index (χ0n) is 13.2. The number of nitrogens with zero attached hydrogens (tertiary/aromatic N) is 2. The van der Waals surface area contributed by atoms with Gasteiger partial charge in [0.2, 0.25) is 0 Å². The van der Waals surface area contributed by atoms with Gasteiger partial charge >= 0.3 is 11.9 Å². The molecular weight excluding hydrogens is 316 g/mol. The van der Waals surface area contributed by atoms with E-state index in [1.807, 2.05) is 0 Å². The Morgan fingerprint density at radius 2 is 1.71 bits per heavy atom. The number of hydrogen-bond acceptors (Lipinski definition) is 6. The van der Waals surface area contributed by atoms with Crippen LogP contribution in [0.3, 0.4) is 0 Å². The van der Waals surface area contributed by atoms with Crippen LogP contribution in [0.1, 0.15) is 34.7 Å². The molecular formula is C16H16N2O6. The Kier molecular flexibility index (Phi) is 5.31. The standard InChI is InChI=1S/C16H16N2O6/c1-3-23-15(19)11-9-10-17(14(11)16(20)24-4-2)12-7-5-6-8-13(12)18(21)22/h5-10H,3-4H2,1-2H3. The Hall–Kier alpha value is -3.16. The van der Waals surface area contributed by atoms with Crippen molar-refractivity contribution in [1.82, 2.24) is 4.57 Å². The van der Waals surface area contributed by atoms with Gasteiger partial charge in [0.05, 0.1) is 23.7 Å². The topological polar surface area (TPSA) is 101 Å². The molecule has 126 valence electrons. The Labute approximate surface area is 137 Å². The average molecular weight is 332 g/mol. The molecule has 0 saturated heterocycles. The first-order valence-electron chi connectivity index (χ1n) is 7.30. The molecule has 1 aromatic carbocycles. The number of nitro groups is 1. The Balaban J connectivity index is 2.65. The number of esters is 2. The highest BCUT2D eigenvalue weighted by molar-refractivity contribution is 6.02. The minimum Gasteiger partial charge on any atom is -0.462 e. The van der Waals surface area contributed by atoms with E-state index >= 15 is 0 Å². The van der Waals surface area contributed by atoms with E-state index in [0.717, 1.165) is 0 Å². The van der Waals surface area contributed by atoms with E-state index in [1.54, 1.807) is 19.9 Å². The Morgan fingerprint density at radius 3 is 2.33 bits per heavy atom. The smallest absolute Gasteiger partial charge is 0.356 e. The molecule has 0 radical (unpaired) electrons. The minimum absolute atomic E-state index is 0.00606. The van der Waals surface area contributed by atoms with Gasteiger partial charge in [0.15, 0.2) is 0 Å². The second kappa shape index (κ2) is 7.40. The summed E-state index contributed by atoms with van der Waals surface area (Å²) in [5, 5.41) is 11.2. The largest absolute Gasteiger partial charge is 0.462 e. The lowest BCUT2D eigenvalue weighted by molar-refractivity contribution is -0.384. The van der Waals surface area contributed by atoms with Gasteiger partial charge in [0.1, 0.15) is 11.4 Å². The molecule has 1 aromatic heterocycles. The molecule has 0 atom stereocenters. The second-order valence-corrected chi connectivity index (χ2v) is 4.63. The van der Waals surface area contributed by atoms with E-state index in [0.29, 0.717) is 0 Å². The SMILES string of the molecule is CCOC(=O)c1ccn(-c2ccccc2[N+](=O)[O-])c1C(=O)OCC. The fraction of sp³-hybridized carbons (Fsp3) is 0.250. The van der Waals surface area contributed by atoms with Crippen molar-refractivity contribution in [3.63, 3.8) is 0 Å². The van der Waals surface area contributed by atoms with Crippen molar-refractivity contribution in [2.45, 2.75) is 13.8 Å². The zero-order chi connectivity index (χ0) is 17.7. The van der Waals surface area contributed by atoms with E-state index in [1.165, 1.54) is 35.0 Å². The molecule has 0 aliphatic carbocycles. The maximum atomic E-state index is 12.3. The van der Waals surface area contributed by atoms with E-state index in [2.05, 4.69) is 0 Å². The normalized spacial score (nSPS) is 10.2. The lowest BCUT2D eigenvalue weighted by Gasteiger charge is -2.10. The molecule has 0 aliphatic rings. The van der Waals surface area contributed by atoms with Gasteiger partial charge in [-0.15, -0.1) is 0 Å². The van der Waals surface area contributed by atoms with Crippen LogP contribution < -0.4 is 0 Å². The fourth-order valence-corrected chi connectivity index (χ4v) is 2.24. The van der Waals surface area contributed by atoms with Gasteiger partial charge in [0, 0.05) is 12.3 Å². The molecule has 0 N–H and O–H groups in total. The average Bonchev–Trinajstić information content (AvgIpc) is 3.00. The molecule has 8 heteroatoms. The predicted octanol–water partition coefficient (Wildman–Crippen LogP) is 2.74. The van der Waals surface area contributed by atoms with Crippen LogP contribution >= 0.6 is 0 Å². The Morgan fingerprint density at radius 1 is 1.08 bits per heavy atom. The van der Waals surface area contributed by atoms with Crippen molar-refractivity contribution in [1.29, 1.82) is 0 Å². The first kappa shape index (κ1) is 17.2. The van der Waals surface area contributed by atoms with E-state index in [9.17, 15) is 19.7 Å². The maximum absolute atomic E-state index is 12.3. The summed E-state index contributed by atoms with van der Waals surface area (Å²) in [6.45, 7) is 3.50. The summed E-state index contributed by atoms with van der Waals surface area (Å²) in [5.41, 5.74) is -0.159. The van der Waals surface area contributed by atoms with Crippen LogP contribution in [0.4, 0.5) is 5.69 Å². The zero-order valence-corrected chi connectivity index (χ0v) is 13.2. The highest BCUT2D eigenvalue weighted by atomic mass is 16.6. The van der Waals surface area contributed by atoms with Gasteiger partial charge in [-0.2, -0.15) is 0 Å². The molecule has 2 rings (SSSR count). The summed E-state index contributed by atoms with van der Waals surface area (Å²) in [6.07, 6.45) is 1.40. The van der Waals surface area contributed by atoms with Crippen molar-refractivity contribution in [2.75, 3.05) is 13.2 Å². The summed E-state index contributed by atoms with van der Waals surface area (Å²) in [6, 6.07) is 7.29. The van der Waals surface area contributed by atoms with Gasteiger partial charge in [0.25, 0.3) is 5.69 Å². The molecule has 0 unspecified atom stereocenters. The van der Waals surface area contributed by atoms with E-state index in [4.69, 9.17) is 9.47 Å². The van der Waals surface area contributed by atoms with Crippen LogP contribution in [0.5, 0.6) is 0 Å². The van der Waals surface area contributed by atoms with Gasteiger partial charge in [-0.05, 0) is 26.0 Å². The first-order valence-corrected chi connectivity index (χ1v) is 7.30. The molecule has 0 amide bonds. The molecule has 8 nitrogen and oxygen atoms in total. The summed E-state index contributed by atoms with van der Waals surface area (Å²) in [5.74, 6) is -1.46. The molecule has 1 heterocycles. The molecule has 0 fully saturated rings. The van der Waals surface area contributed by atoms with Gasteiger partial charge in [-0.25, -0.2) is 9.59 Å². The highest BCUT2D eigenvalue weighted by Gasteiger charge is 2.27. The molecule has 0 bridgehead atoms. The van der Waals surface area contributed by atoms with Crippen LogP contribution in [-0.4, -0.2) is 34.6 Å². The summed E-state index contributed by atoms with van der Waals surface area (Å²) in [7, 11) is 0. The van der Waals surface area contributed by atoms with Gasteiger partial charge in [-0.1, -0.05) is 12.1 Å². The minimum atomic E-state index is -0.760. The van der Waals surface area contributed by atoms with Crippen molar-refractivity contribution >= 4 is 17.6 Å². The van der Waals surface area contributed by atoms with Crippen molar-refractivity contribution < 1.29 is 24.0 Å². The van der Waals surface area contributed by atoms with E-state index in [-0.39, 0.29) is 35.8 Å². The third kappa shape index (κ3) is 3.27. The molecule has 0 aliphatic heterocycles. The summed E-state index contributed by atoms with van der Waals surface area (Å²) in [4.78, 5) is 35.0. The van der Waals surface area contributed by atoms with Crippen LogP contribution in [0.25, 0.3) is 5.69 Å². The lowest BCUT2D eigenvalue weighted by Crippen LogP contribution is -2.17. The number of aromatic nitrogens is 1. The third-order valence-corrected chi connectivity index (χ3v) is 3.19. The second-order valence-electron chi connectivity index (χ2n) is 4.63. The van der Waals surface area contributed by atoms with Crippen molar-refractivity contribution in [2.24, 2.45) is 0 Å². The molecule has 0 saturated carbocycles. The molecule has 24 heavy (non-hydrogen) atoms. The number of carbonyl (C=O) groups is 2. The first-order chi connectivity index (χ1) is 11.5. The van der Waals surface area contributed by atoms with Crippen LogP contribution in [-0.2, 0) is 9.47 Å². The monoisotopic (exact) mass is 332 g/mol. The summed E-state index contributed by atoms with van der Waals surface area (Å²) < 4.78 is 11.2. The van der Waals surface area contributed by atoms with Gasteiger partial charge < -0.3 is 14.0 Å². The van der Waals surface area contributed by atoms with Crippen LogP contribution in [0.2, 0.25) is 0 Å². The third-order valence-electron chi connectivity index (χ3n) is 3.19. The maximum Gasteiger partial charge on any atom is 0.356 e. The Bertz CT molecular complexity index is 781. The number of hydrogen-bond donors (Lipinski definition) is 0. The quantitative estimate of drug-likeness (QED) is 0.458. The number of para-hydroxylation sites is 2. The van der Waals surface area contributed by atoms with Crippen LogP contribution in [0, 0.1) is 10.1 Å². The summed E-state index contributed by atoms with van der Waals surface area (Å²) >= 11 is 0. The number of rotatable bonds is 6.